The van der Waals surface area contributed by atoms with Crippen LogP contribution in [0.4, 0.5) is 5.69 Å². The molecule has 4 aromatic rings. The van der Waals surface area contributed by atoms with E-state index in [2.05, 4.69) is 5.32 Å². The van der Waals surface area contributed by atoms with Crippen LogP contribution in [0, 0.1) is 19.3 Å². The van der Waals surface area contributed by atoms with E-state index in [4.69, 9.17) is 4.98 Å². The molecule has 1 aromatic heterocycles. The Bertz CT molecular complexity index is 1530. The van der Waals surface area contributed by atoms with Crippen molar-refractivity contribution in [2.24, 2.45) is 5.41 Å². The van der Waals surface area contributed by atoms with Crippen LogP contribution in [0.3, 0.4) is 0 Å². The van der Waals surface area contributed by atoms with Gasteiger partial charge in [0.25, 0.3) is 11.5 Å². The van der Waals surface area contributed by atoms with Crippen molar-refractivity contribution >= 4 is 40.0 Å². The van der Waals surface area contributed by atoms with E-state index in [1.54, 1.807) is 22.8 Å². The summed E-state index contributed by atoms with van der Waals surface area (Å²) in [5.74, 6) is 0.0109. The van der Waals surface area contributed by atoms with Crippen LogP contribution in [-0.2, 0) is 17.8 Å². The summed E-state index contributed by atoms with van der Waals surface area (Å²) >= 11 is 1.27. The molecular weight excluding hydrogens is 494 g/mol. The van der Waals surface area contributed by atoms with Gasteiger partial charge >= 0.3 is 0 Å². The van der Waals surface area contributed by atoms with Gasteiger partial charge in [0.05, 0.1) is 16.7 Å². The van der Waals surface area contributed by atoms with E-state index in [0.717, 1.165) is 16.7 Å². The van der Waals surface area contributed by atoms with Crippen LogP contribution in [-0.4, -0.2) is 27.0 Å². The Kier molecular flexibility index (Phi) is 8.17. The number of aromatic nitrogens is 2. The molecule has 3 aromatic carbocycles. The minimum Gasteiger partial charge on any atom is -0.322 e. The maximum absolute atomic E-state index is 13.6. The van der Waals surface area contributed by atoms with Gasteiger partial charge in [-0.3, -0.25) is 19.0 Å². The van der Waals surface area contributed by atoms with Crippen LogP contribution >= 0.6 is 11.8 Å². The third kappa shape index (κ3) is 6.58. The number of benzene rings is 3. The Hall–Kier alpha value is -3.71. The van der Waals surface area contributed by atoms with Crippen LogP contribution in [0.25, 0.3) is 10.9 Å². The summed E-state index contributed by atoms with van der Waals surface area (Å²) in [6, 6.07) is 20.8. The van der Waals surface area contributed by atoms with Gasteiger partial charge in [0.1, 0.15) is 5.78 Å². The van der Waals surface area contributed by atoms with Gasteiger partial charge in [-0.25, -0.2) is 4.98 Å². The largest absolute Gasteiger partial charge is 0.322 e. The Morgan fingerprint density at radius 2 is 1.63 bits per heavy atom. The predicted molar refractivity (Wildman–Crippen MR) is 155 cm³/mol. The van der Waals surface area contributed by atoms with Crippen LogP contribution in [0.5, 0.6) is 0 Å². The number of anilines is 1. The van der Waals surface area contributed by atoms with Gasteiger partial charge in [-0.15, -0.1) is 0 Å². The van der Waals surface area contributed by atoms with E-state index in [0.29, 0.717) is 40.3 Å². The Balaban J connectivity index is 1.68. The Labute approximate surface area is 227 Å². The zero-order valence-electron chi connectivity index (χ0n) is 22.5. The fraction of sp³-hybridized carbons (Fsp3) is 0.290. The second kappa shape index (κ2) is 11.4. The third-order valence-corrected chi connectivity index (χ3v) is 7.27. The first-order valence-corrected chi connectivity index (χ1v) is 13.6. The van der Waals surface area contributed by atoms with E-state index < -0.39 is 5.41 Å². The fourth-order valence-electron chi connectivity index (χ4n) is 4.13. The van der Waals surface area contributed by atoms with Crippen LogP contribution < -0.4 is 10.9 Å². The zero-order chi connectivity index (χ0) is 27.4. The average molecular weight is 528 g/mol. The SMILES string of the molecule is Cc1cc(C)cc(NC(=O)c2ccc3c(=O)n(CCc4ccccc4)c(SCC(=O)C(C)(C)C)nc3c2)c1. The molecule has 0 spiro atoms. The number of Topliss-reactive ketones (excluding diaryl/α,β-unsaturated/α-hetero) is 1. The molecule has 38 heavy (non-hydrogen) atoms. The summed E-state index contributed by atoms with van der Waals surface area (Å²) in [7, 11) is 0. The highest BCUT2D eigenvalue weighted by Crippen LogP contribution is 2.24. The minimum atomic E-state index is -0.488. The Morgan fingerprint density at radius 3 is 2.29 bits per heavy atom. The Morgan fingerprint density at radius 1 is 0.947 bits per heavy atom. The highest BCUT2D eigenvalue weighted by Gasteiger charge is 2.22. The number of carbonyl (C=O) groups excluding carboxylic acids is 2. The lowest BCUT2D eigenvalue weighted by Crippen LogP contribution is -2.26. The first-order valence-electron chi connectivity index (χ1n) is 12.7. The number of fused-ring (bicyclic) bond motifs is 1. The van der Waals surface area contributed by atoms with E-state index in [1.165, 1.54) is 11.8 Å². The molecule has 0 saturated heterocycles. The molecular formula is C31H33N3O3S. The minimum absolute atomic E-state index is 0.0769. The lowest BCUT2D eigenvalue weighted by Gasteiger charge is -2.17. The van der Waals surface area contributed by atoms with Gasteiger partial charge in [-0.05, 0) is 67.3 Å². The second-order valence-corrected chi connectivity index (χ2v) is 11.6. The van der Waals surface area contributed by atoms with Crippen LogP contribution in [0.15, 0.2) is 76.7 Å². The number of hydrogen-bond acceptors (Lipinski definition) is 5. The van der Waals surface area contributed by atoms with Crippen molar-refractivity contribution in [3.05, 3.63) is 99.3 Å². The lowest BCUT2D eigenvalue weighted by atomic mass is 9.92. The second-order valence-electron chi connectivity index (χ2n) is 10.6. The molecule has 0 unspecified atom stereocenters. The van der Waals surface area contributed by atoms with E-state index in [9.17, 15) is 14.4 Å². The van der Waals surface area contributed by atoms with Gasteiger partial charge in [-0.1, -0.05) is 68.9 Å². The average Bonchev–Trinajstić information content (AvgIpc) is 2.86. The van der Waals surface area contributed by atoms with Crippen molar-refractivity contribution in [3.8, 4) is 0 Å². The first-order chi connectivity index (χ1) is 18.0. The smallest absolute Gasteiger partial charge is 0.262 e. The third-order valence-electron chi connectivity index (χ3n) is 6.30. The normalized spacial score (nSPS) is 11.5. The molecule has 0 aliphatic carbocycles. The van der Waals surface area contributed by atoms with E-state index >= 15 is 0 Å². The summed E-state index contributed by atoms with van der Waals surface area (Å²) in [4.78, 5) is 44.0. The molecule has 1 amide bonds. The summed E-state index contributed by atoms with van der Waals surface area (Å²) in [6.07, 6.45) is 0.658. The molecule has 0 aliphatic rings. The zero-order valence-corrected chi connectivity index (χ0v) is 23.3. The number of carbonyl (C=O) groups is 2. The fourth-order valence-corrected chi connectivity index (χ4v) is 5.32. The van der Waals surface area contributed by atoms with Gasteiger partial charge < -0.3 is 5.32 Å². The highest BCUT2D eigenvalue weighted by molar-refractivity contribution is 7.99. The maximum atomic E-state index is 13.6. The number of rotatable bonds is 8. The number of amides is 1. The predicted octanol–water partition coefficient (Wildman–Crippen LogP) is 6.22. The van der Waals surface area contributed by atoms with Gasteiger partial charge in [0.15, 0.2) is 5.16 Å². The van der Waals surface area contributed by atoms with Gasteiger partial charge in [-0.2, -0.15) is 0 Å². The lowest BCUT2D eigenvalue weighted by molar-refractivity contribution is -0.123. The molecule has 7 heteroatoms. The molecule has 0 atom stereocenters. The van der Waals surface area contributed by atoms with Crippen molar-refractivity contribution in [3.63, 3.8) is 0 Å². The number of nitrogens with one attached hydrogen (secondary N) is 1. The molecule has 196 valence electrons. The quantitative estimate of drug-likeness (QED) is 0.217. The van der Waals surface area contributed by atoms with Crippen molar-refractivity contribution in [1.82, 2.24) is 9.55 Å². The molecule has 1 heterocycles. The van der Waals surface area contributed by atoms with E-state index in [1.807, 2.05) is 83.1 Å². The molecule has 0 aliphatic heterocycles. The molecule has 4 rings (SSSR count). The molecule has 0 bridgehead atoms. The number of aryl methyl sites for hydroxylation is 3. The molecule has 6 nitrogen and oxygen atoms in total. The number of thioether (sulfide) groups is 1. The summed E-state index contributed by atoms with van der Waals surface area (Å²) in [5, 5.41) is 3.85. The number of nitrogens with zero attached hydrogens (tertiary/aromatic N) is 2. The number of hydrogen-bond donors (Lipinski definition) is 1. The summed E-state index contributed by atoms with van der Waals surface area (Å²) < 4.78 is 1.64. The maximum Gasteiger partial charge on any atom is 0.262 e. The van der Waals surface area contributed by atoms with Crippen LogP contribution in [0.2, 0.25) is 0 Å². The molecule has 0 radical (unpaired) electrons. The van der Waals surface area contributed by atoms with Gasteiger partial charge in [0, 0.05) is 23.2 Å². The first kappa shape index (κ1) is 27.3. The standard InChI is InChI=1S/C31H33N3O3S/c1-20-15-21(2)17-24(16-20)32-28(36)23-11-12-25-26(18-23)33-30(38-19-27(35)31(3,4)5)34(29(25)37)14-13-22-9-7-6-8-10-22/h6-12,15-18H,13-14,19H2,1-5H3,(H,32,36). The molecule has 0 fully saturated rings. The molecule has 1 N–H and O–H groups in total. The number of ketones is 1. The monoisotopic (exact) mass is 527 g/mol. The summed E-state index contributed by atoms with van der Waals surface area (Å²) in [5.41, 5.74) is 4.12. The van der Waals surface area contributed by atoms with Crippen molar-refractivity contribution in [2.45, 2.75) is 52.7 Å². The van der Waals surface area contributed by atoms with Crippen LogP contribution in [0.1, 0.15) is 47.8 Å². The highest BCUT2D eigenvalue weighted by atomic mass is 32.2. The van der Waals surface area contributed by atoms with Crippen molar-refractivity contribution in [1.29, 1.82) is 0 Å². The molecule has 0 saturated carbocycles. The topological polar surface area (TPSA) is 81.1 Å². The van der Waals surface area contributed by atoms with Gasteiger partial charge in [0.2, 0.25) is 0 Å². The summed E-state index contributed by atoms with van der Waals surface area (Å²) in [6.45, 7) is 10.0. The van der Waals surface area contributed by atoms with Crippen molar-refractivity contribution < 1.29 is 9.59 Å². The van der Waals surface area contributed by atoms with E-state index in [-0.39, 0.29) is 23.0 Å². The van der Waals surface area contributed by atoms with Crippen molar-refractivity contribution in [2.75, 3.05) is 11.1 Å².